The molecule has 0 radical (unpaired) electrons. The van der Waals surface area contributed by atoms with Gasteiger partial charge in [0.15, 0.2) is 0 Å². The first kappa shape index (κ1) is 11.3. The lowest BCUT2D eigenvalue weighted by atomic mass is 10.1. The average molecular weight is 241 g/mol. The topological polar surface area (TPSA) is 43.8 Å². The van der Waals surface area contributed by atoms with Gasteiger partial charge >= 0.3 is 0 Å². The number of nitrogens with zero attached hydrogens (tertiary/aromatic N) is 2. The minimum atomic E-state index is 0.635. The molecule has 1 aromatic carbocycles. The Bertz CT molecular complexity index is 538. The van der Waals surface area contributed by atoms with Crippen LogP contribution in [0.25, 0.3) is 11.3 Å². The van der Waals surface area contributed by atoms with E-state index in [1.807, 2.05) is 18.2 Å². The molecular weight excluding hydrogens is 222 g/mol. The van der Waals surface area contributed by atoms with Gasteiger partial charge in [0.05, 0.1) is 0 Å². The fourth-order valence-corrected chi connectivity index (χ4v) is 2.40. The van der Waals surface area contributed by atoms with Gasteiger partial charge in [-0.1, -0.05) is 37.3 Å². The quantitative estimate of drug-likeness (QED) is 0.891. The van der Waals surface area contributed by atoms with Gasteiger partial charge < -0.3 is 10.3 Å². The summed E-state index contributed by atoms with van der Waals surface area (Å²) in [6.45, 7) is 3.15. The molecule has 0 bridgehead atoms. The summed E-state index contributed by atoms with van der Waals surface area (Å²) in [7, 11) is 0. The van der Waals surface area contributed by atoms with Crippen LogP contribution in [0.4, 0.5) is 5.82 Å². The van der Waals surface area contributed by atoms with Crippen molar-refractivity contribution >= 4 is 5.82 Å². The van der Waals surface area contributed by atoms with Crippen molar-refractivity contribution in [2.45, 2.75) is 38.6 Å². The summed E-state index contributed by atoms with van der Waals surface area (Å²) in [5.74, 6) is 2.65. The Labute approximate surface area is 108 Å². The van der Waals surface area contributed by atoms with Crippen LogP contribution in [0.3, 0.4) is 0 Å². The van der Waals surface area contributed by atoms with Gasteiger partial charge in [-0.3, -0.25) is 0 Å². The number of nitrogen functional groups attached to an aromatic ring is 1. The molecule has 1 fully saturated rings. The van der Waals surface area contributed by atoms with Crippen molar-refractivity contribution in [3.8, 4) is 11.3 Å². The first-order valence-corrected chi connectivity index (χ1v) is 6.72. The smallest absolute Gasteiger partial charge is 0.131 e. The third-order valence-corrected chi connectivity index (χ3v) is 3.47. The van der Waals surface area contributed by atoms with Crippen LogP contribution >= 0.6 is 0 Å². The SMILES string of the molecule is CCCn1c(C2CC2)nc(-c2ccccc2)c1N. The first-order chi connectivity index (χ1) is 8.81. The zero-order valence-electron chi connectivity index (χ0n) is 10.8. The highest BCUT2D eigenvalue weighted by molar-refractivity contribution is 5.71. The summed E-state index contributed by atoms with van der Waals surface area (Å²) in [4.78, 5) is 4.80. The number of anilines is 1. The van der Waals surface area contributed by atoms with E-state index in [0.717, 1.165) is 30.0 Å². The first-order valence-electron chi connectivity index (χ1n) is 6.72. The molecule has 94 valence electrons. The molecule has 0 amide bonds. The lowest BCUT2D eigenvalue weighted by Crippen LogP contribution is -2.06. The predicted octanol–water partition coefficient (Wildman–Crippen LogP) is 3.42. The summed E-state index contributed by atoms with van der Waals surface area (Å²) < 4.78 is 2.21. The van der Waals surface area contributed by atoms with Crippen molar-refractivity contribution < 1.29 is 0 Å². The van der Waals surface area contributed by atoms with Gasteiger partial charge in [-0.15, -0.1) is 0 Å². The molecular formula is C15H19N3. The zero-order chi connectivity index (χ0) is 12.5. The number of aromatic nitrogens is 2. The molecule has 2 aromatic rings. The Kier molecular flexibility index (Phi) is 2.82. The van der Waals surface area contributed by atoms with Crippen LogP contribution in [-0.2, 0) is 6.54 Å². The van der Waals surface area contributed by atoms with Gasteiger partial charge in [-0.25, -0.2) is 4.98 Å². The fourth-order valence-electron chi connectivity index (χ4n) is 2.40. The van der Waals surface area contributed by atoms with E-state index in [4.69, 9.17) is 10.7 Å². The summed E-state index contributed by atoms with van der Waals surface area (Å²) in [6.07, 6.45) is 3.61. The van der Waals surface area contributed by atoms with Gasteiger partial charge in [0.2, 0.25) is 0 Å². The van der Waals surface area contributed by atoms with Crippen LogP contribution in [0.5, 0.6) is 0 Å². The maximum atomic E-state index is 6.29. The number of hydrogen-bond donors (Lipinski definition) is 1. The van der Waals surface area contributed by atoms with E-state index in [9.17, 15) is 0 Å². The number of benzene rings is 1. The Morgan fingerprint density at radius 1 is 1.28 bits per heavy atom. The second-order valence-electron chi connectivity index (χ2n) is 5.00. The highest BCUT2D eigenvalue weighted by atomic mass is 15.1. The van der Waals surface area contributed by atoms with Crippen molar-refractivity contribution in [2.75, 3.05) is 5.73 Å². The molecule has 18 heavy (non-hydrogen) atoms. The van der Waals surface area contributed by atoms with Crippen LogP contribution in [0.1, 0.15) is 37.9 Å². The third kappa shape index (κ3) is 1.90. The molecule has 0 unspecified atom stereocenters. The van der Waals surface area contributed by atoms with Crippen molar-refractivity contribution in [3.63, 3.8) is 0 Å². The average Bonchev–Trinajstić information content (AvgIpc) is 3.19. The van der Waals surface area contributed by atoms with Crippen molar-refractivity contribution in [1.29, 1.82) is 0 Å². The summed E-state index contributed by atoms with van der Waals surface area (Å²) in [6, 6.07) is 10.2. The molecule has 1 heterocycles. The lowest BCUT2D eigenvalue weighted by molar-refractivity contribution is 0.646. The monoisotopic (exact) mass is 241 g/mol. The highest BCUT2D eigenvalue weighted by Crippen LogP contribution is 2.42. The molecule has 0 atom stereocenters. The Hall–Kier alpha value is -1.77. The molecule has 3 rings (SSSR count). The van der Waals surface area contributed by atoms with Crippen LogP contribution in [-0.4, -0.2) is 9.55 Å². The minimum absolute atomic E-state index is 0.635. The predicted molar refractivity (Wildman–Crippen MR) is 74.3 cm³/mol. The van der Waals surface area contributed by atoms with Gasteiger partial charge in [0.25, 0.3) is 0 Å². The second-order valence-corrected chi connectivity index (χ2v) is 5.00. The minimum Gasteiger partial charge on any atom is -0.383 e. The maximum absolute atomic E-state index is 6.29. The summed E-state index contributed by atoms with van der Waals surface area (Å²) in [5, 5.41) is 0. The van der Waals surface area contributed by atoms with E-state index in [1.165, 1.54) is 18.7 Å². The molecule has 2 N–H and O–H groups in total. The van der Waals surface area contributed by atoms with Gasteiger partial charge in [0.1, 0.15) is 17.3 Å². The van der Waals surface area contributed by atoms with Crippen LogP contribution < -0.4 is 5.73 Å². The van der Waals surface area contributed by atoms with Crippen molar-refractivity contribution in [1.82, 2.24) is 9.55 Å². The largest absolute Gasteiger partial charge is 0.383 e. The van der Waals surface area contributed by atoms with Crippen molar-refractivity contribution in [3.05, 3.63) is 36.2 Å². The Morgan fingerprint density at radius 3 is 2.61 bits per heavy atom. The van der Waals surface area contributed by atoms with E-state index in [-0.39, 0.29) is 0 Å². The van der Waals surface area contributed by atoms with Crippen LogP contribution in [0.2, 0.25) is 0 Å². The fraction of sp³-hybridized carbons (Fsp3) is 0.400. The third-order valence-electron chi connectivity index (χ3n) is 3.47. The van der Waals surface area contributed by atoms with Crippen LogP contribution in [0.15, 0.2) is 30.3 Å². The van der Waals surface area contributed by atoms with E-state index >= 15 is 0 Å². The molecule has 0 saturated heterocycles. The number of nitrogens with two attached hydrogens (primary N) is 1. The number of rotatable bonds is 4. The van der Waals surface area contributed by atoms with Gasteiger partial charge in [-0.05, 0) is 19.3 Å². The van der Waals surface area contributed by atoms with Gasteiger partial charge in [-0.2, -0.15) is 0 Å². The standard InChI is InChI=1S/C15H19N3/c1-2-10-18-14(16)13(11-6-4-3-5-7-11)17-15(18)12-8-9-12/h3-7,12H,2,8-10,16H2,1H3. The van der Waals surface area contributed by atoms with Gasteiger partial charge in [0, 0.05) is 18.0 Å². The summed E-state index contributed by atoms with van der Waals surface area (Å²) >= 11 is 0. The van der Waals surface area contributed by atoms with Crippen molar-refractivity contribution in [2.24, 2.45) is 0 Å². The van der Waals surface area contributed by atoms with E-state index in [0.29, 0.717) is 5.92 Å². The molecule has 0 aliphatic heterocycles. The molecule has 1 aromatic heterocycles. The normalized spacial score (nSPS) is 14.9. The number of hydrogen-bond acceptors (Lipinski definition) is 2. The Balaban J connectivity index is 2.07. The van der Waals surface area contributed by atoms with E-state index < -0.39 is 0 Å². The molecule has 3 nitrogen and oxygen atoms in total. The highest BCUT2D eigenvalue weighted by Gasteiger charge is 2.30. The second kappa shape index (κ2) is 4.48. The summed E-state index contributed by atoms with van der Waals surface area (Å²) in [5.41, 5.74) is 8.36. The maximum Gasteiger partial charge on any atom is 0.131 e. The van der Waals surface area contributed by atoms with Crippen LogP contribution in [0, 0.1) is 0 Å². The molecule has 1 saturated carbocycles. The van der Waals surface area contributed by atoms with E-state index in [1.54, 1.807) is 0 Å². The molecule has 1 aliphatic carbocycles. The molecule has 3 heteroatoms. The number of imidazole rings is 1. The van der Waals surface area contributed by atoms with E-state index in [2.05, 4.69) is 23.6 Å². The molecule has 1 aliphatic rings. The lowest BCUT2D eigenvalue weighted by Gasteiger charge is -2.07. The zero-order valence-corrected chi connectivity index (χ0v) is 10.8. The Morgan fingerprint density at radius 2 is 2.00 bits per heavy atom. The molecule has 0 spiro atoms.